The summed E-state index contributed by atoms with van der Waals surface area (Å²) in [5, 5.41) is 15.1. The van der Waals surface area contributed by atoms with Gasteiger partial charge in [0, 0.05) is 17.7 Å². The van der Waals surface area contributed by atoms with E-state index in [4.69, 9.17) is 14.0 Å². The topological polar surface area (TPSA) is 108 Å². The van der Waals surface area contributed by atoms with Crippen LogP contribution in [0.3, 0.4) is 0 Å². The van der Waals surface area contributed by atoms with Crippen molar-refractivity contribution in [3.8, 4) is 16.9 Å². The molecular formula is C19H23N3O6. The maximum atomic E-state index is 12.1. The number of nitro benzene ring substituents is 1. The Morgan fingerprint density at radius 2 is 2.00 bits per heavy atom. The van der Waals surface area contributed by atoms with E-state index in [9.17, 15) is 14.9 Å². The number of amides is 1. The Bertz CT molecular complexity index is 889. The number of nitrogens with zero attached hydrogens (tertiary/aromatic N) is 3. The molecule has 0 N–H and O–H groups in total. The zero-order valence-electron chi connectivity index (χ0n) is 16.5. The quantitative estimate of drug-likeness (QED) is 0.577. The number of hydrogen-bond acceptors (Lipinski definition) is 7. The first-order chi connectivity index (χ1) is 13.0. The molecule has 0 saturated carbocycles. The summed E-state index contributed by atoms with van der Waals surface area (Å²) in [5.74, 6) is 1.03. The molecule has 0 radical (unpaired) electrons. The number of hydrogen-bond donors (Lipinski definition) is 0. The number of benzene rings is 1. The summed E-state index contributed by atoms with van der Waals surface area (Å²) >= 11 is 0. The first-order valence-corrected chi connectivity index (χ1v) is 8.91. The molecule has 0 spiro atoms. The predicted octanol–water partition coefficient (Wildman–Crippen LogP) is 3.86. The number of non-ortho nitro benzene ring substituents is 1. The lowest BCUT2D eigenvalue weighted by atomic mass is 10.0. The SMILES string of the molecule is Cc1noc(C)c1-c1cc([N+](=O)[O-])ccc1OC1CN(C(=O)OC(C)(C)C)C1. The first-order valence-electron chi connectivity index (χ1n) is 8.91. The van der Waals surface area contributed by atoms with Crippen LogP contribution in [0.1, 0.15) is 32.2 Å². The predicted molar refractivity (Wildman–Crippen MR) is 100 cm³/mol. The summed E-state index contributed by atoms with van der Waals surface area (Å²) in [6, 6.07) is 4.41. The molecule has 1 aliphatic rings. The molecule has 0 aliphatic carbocycles. The van der Waals surface area contributed by atoms with Crippen LogP contribution in [0.2, 0.25) is 0 Å². The van der Waals surface area contributed by atoms with Gasteiger partial charge in [0.25, 0.3) is 5.69 Å². The molecule has 0 atom stereocenters. The Morgan fingerprint density at radius 3 is 2.54 bits per heavy atom. The normalized spacial score (nSPS) is 14.5. The van der Waals surface area contributed by atoms with Gasteiger partial charge < -0.3 is 18.9 Å². The highest BCUT2D eigenvalue weighted by Crippen LogP contribution is 2.38. The second-order valence-corrected chi connectivity index (χ2v) is 7.76. The number of aryl methyl sites for hydroxylation is 2. The fourth-order valence-corrected chi connectivity index (χ4v) is 2.96. The molecule has 2 heterocycles. The average Bonchev–Trinajstić information content (AvgIpc) is 2.87. The molecule has 1 aromatic heterocycles. The van der Waals surface area contributed by atoms with Gasteiger partial charge in [0.2, 0.25) is 0 Å². The molecule has 1 aromatic carbocycles. The van der Waals surface area contributed by atoms with E-state index in [0.29, 0.717) is 41.4 Å². The molecule has 9 heteroatoms. The van der Waals surface area contributed by atoms with E-state index in [0.717, 1.165) is 0 Å². The molecule has 28 heavy (non-hydrogen) atoms. The number of nitro groups is 1. The third kappa shape index (κ3) is 4.08. The second kappa shape index (κ2) is 7.14. The van der Waals surface area contributed by atoms with Crippen LogP contribution >= 0.6 is 0 Å². The van der Waals surface area contributed by atoms with Crippen LogP contribution < -0.4 is 4.74 Å². The maximum Gasteiger partial charge on any atom is 0.410 e. The third-order valence-corrected chi connectivity index (χ3v) is 4.27. The smallest absolute Gasteiger partial charge is 0.410 e. The molecule has 9 nitrogen and oxygen atoms in total. The number of rotatable bonds is 4. The molecule has 0 bridgehead atoms. The average molecular weight is 389 g/mol. The number of likely N-dealkylation sites (tertiary alicyclic amines) is 1. The lowest BCUT2D eigenvalue weighted by Gasteiger charge is -2.39. The van der Waals surface area contributed by atoms with E-state index < -0.39 is 10.5 Å². The van der Waals surface area contributed by atoms with Crippen molar-refractivity contribution in [2.75, 3.05) is 13.1 Å². The van der Waals surface area contributed by atoms with Gasteiger partial charge in [-0.3, -0.25) is 10.1 Å². The van der Waals surface area contributed by atoms with Crippen LogP contribution in [0.25, 0.3) is 11.1 Å². The molecule has 1 fully saturated rings. The highest BCUT2D eigenvalue weighted by Gasteiger charge is 2.36. The van der Waals surface area contributed by atoms with Crippen LogP contribution in [-0.2, 0) is 4.74 Å². The van der Waals surface area contributed by atoms with Crippen LogP contribution in [0.4, 0.5) is 10.5 Å². The van der Waals surface area contributed by atoms with Gasteiger partial charge in [-0.1, -0.05) is 5.16 Å². The number of carbonyl (C=O) groups is 1. The highest BCUT2D eigenvalue weighted by atomic mass is 16.6. The van der Waals surface area contributed by atoms with E-state index in [1.807, 2.05) is 20.8 Å². The second-order valence-electron chi connectivity index (χ2n) is 7.76. The highest BCUT2D eigenvalue weighted by molar-refractivity contribution is 5.76. The molecule has 0 unspecified atom stereocenters. The van der Waals surface area contributed by atoms with Crippen LogP contribution in [0.15, 0.2) is 22.7 Å². The minimum Gasteiger partial charge on any atom is -0.486 e. The molecule has 1 amide bonds. The minimum atomic E-state index is -0.558. The van der Waals surface area contributed by atoms with Crippen LogP contribution in [0, 0.1) is 24.0 Å². The summed E-state index contributed by atoms with van der Waals surface area (Å²) in [6.45, 7) is 9.70. The summed E-state index contributed by atoms with van der Waals surface area (Å²) in [6.07, 6.45) is -0.616. The molecule has 2 aromatic rings. The Kier molecular flexibility index (Phi) is 5.01. The van der Waals surface area contributed by atoms with Crippen molar-refractivity contribution < 1.29 is 23.7 Å². The molecular weight excluding hydrogens is 366 g/mol. The van der Waals surface area contributed by atoms with E-state index in [-0.39, 0.29) is 17.9 Å². The summed E-state index contributed by atoms with van der Waals surface area (Å²) in [5.41, 5.74) is 1.22. The van der Waals surface area contributed by atoms with Crippen molar-refractivity contribution in [1.82, 2.24) is 10.1 Å². The van der Waals surface area contributed by atoms with Gasteiger partial charge in [-0.05, 0) is 40.7 Å². The Labute approximate surface area is 162 Å². The standard InChI is InChI=1S/C19H23N3O6/c1-11-17(12(2)28-20-11)15-8-13(22(24)25)6-7-16(15)26-14-9-21(10-14)18(23)27-19(3,4)5/h6-8,14H,9-10H2,1-5H3. The van der Waals surface area contributed by atoms with Gasteiger partial charge >= 0.3 is 6.09 Å². The lowest BCUT2D eigenvalue weighted by molar-refractivity contribution is -0.384. The van der Waals surface area contributed by atoms with Gasteiger partial charge in [0.15, 0.2) is 0 Å². The fourth-order valence-electron chi connectivity index (χ4n) is 2.96. The van der Waals surface area contributed by atoms with E-state index in [2.05, 4.69) is 5.16 Å². The monoisotopic (exact) mass is 389 g/mol. The van der Waals surface area contributed by atoms with Gasteiger partial charge in [-0.25, -0.2) is 4.79 Å². The molecule has 1 aliphatic heterocycles. The third-order valence-electron chi connectivity index (χ3n) is 4.27. The van der Waals surface area contributed by atoms with Gasteiger partial charge in [-0.2, -0.15) is 0 Å². The van der Waals surface area contributed by atoms with Gasteiger partial charge in [0.1, 0.15) is 23.2 Å². The maximum absolute atomic E-state index is 12.1. The van der Waals surface area contributed by atoms with E-state index >= 15 is 0 Å². The van der Waals surface area contributed by atoms with Crippen molar-refractivity contribution >= 4 is 11.8 Å². The summed E-state index contributed by atoms with van der Waals surface area (Å²) in [4.78, 5) is 24.3. The molecule has 1 saturated heterocycles. The number of aromatic nitrogens is 1. The van der Waals surface area contributed by atoms with E-state index in [1.165, 1.54) is 12.1 Å². The lowest BCUT2D eigenvalue weighted by Crippen LogP contribution is -2.57. The number of ether oxygens (including phenoxy) is 2. The molecule has 150 valence electrons. The zero-order valence-corrected chi connectivity index (χ0v) is 16.5. The fraction of sp³-hybridized carbons (Fsp3) is 0.474. The Balaban J connectivity index is 1.78. The van der Waals surface area contributed by atoms with Crippen LogP contribution in [0.5, 0.6) is 5.75 Å². The summed E-state index contributed by atoms with van der Waals surface area (Å²) < 4.78 is 16.6. The van der Waals surface area contributed by atoms with Gasteiger partial charge in [0.05, 0.1) is 29.3 Å². The summed E-state index contributed by atoms with van der Waals surface area (Å²) in [7, 11) is 0. The number of carbonyl (C=O) groups excluding carboxylic acids is 1. The van der Waals surface area contributed by atoms with Crippen molar-refractivity contribution in [3.05, 3.63) is 39.8 Å². The first kappa shape index (κ1) is 19.7. The zero-order chi connectivity index (χ0) is 20.6. The minimum absolute atomic E-state index is 0.0497. The largest absolute Gasteiger partial charge is 0.486 e. The van der Waals surface area contributed by atoms with Crippen molar-refractivity contribution in [3.63, 3.8) is 0 Å². The Hall–Kier alpha value is -3.10. The molecule has 3 rings (SSSR count). The van der Waals surface area contributed by atoms with Crippen molar-refractivity contribution in [1.29, 1.82) is 0 Å². The van der Waals surface area contributed by atoms with Gasteiger partial charge in [-0.15, -0.1) is 0 Å². The van der Waals surface area contributed by atoms with E-state index in [1.54, 1.807) is 24.8 Å². The van der Waals surface area contributed by atoms with Crippen LogP contribution in [-0.4, -0.2) is 45.9 Å². The van der Waals surface area contributed by atoms with Crippen molar-refractivity contribution in [2.24, 2.45) is 0 Å². The van der Waals surface area contributed by atoms with Crippen molar-refractivity contribution in [2.45, 2.75) is 46.3 Å². The Morgan fingerprint density at radius 1 is 1.32 bits per heavy atom.